The molecule has 1 fully saturated rings. The van der Waals surface area contributed by atoms with Gasteiger partial charge in [0.15, 0.2) is 0 Å². The standard InChI is InChI=1S/C19H25N3O/c1-12-9-13(2)18-15(10-12)16(11-17(21-18)14-5-6-14)19(23)22(4)8-7-20-3/h9-11,14,20H,5-8H2,1-4H3. The van der Waals surface area contributed by atoms with Crippen LogP contribution in [0.2, 0.25) is 0 Å². The van der Waals surface area contributed by atoms with Gasteiger partial charge in [-0.05, 0) is 51.4 Å². The number of likely N-dealkylation sites (N-methyl/N-ethyl adjacent to an activating group) is 2. The number of carbonyl (C=O) groups is 1. The van der Waals surface area contributed by atoms with E-state index in [4.69, 9.17) is 4.98 Å². The Morgan fingerprint density at radius 3 is 2.70 bits per heavy atom. The molecule has 1 aromatic carbocycles. The summed E-state index contributed by atoms with van der Waals surface area (Å²) in [6, 6.07) is 6.26. The van der Waals surface area contributed by atoms with Crippen LogP contribution in [0, 0.1) is 13.8 Å². The summed E-state index contributed by atoms with van der Waals surface area (Å²) in [6.45, 7) is 5.64. The van der Waals surface area contributed by atoms with E-state index in [-0.39, 0.29) is 5.91 Å². The molecule has 1 heterocycles. The van der Waals surface area contributed by atoms with Crippen LogP contribution in [0.1, 0.15) is 45.9 Å². The van der Waals surface area contributed by atoms with E-state index in [1.807, 2.05) is 20.2 Å². The summed E-state index contributed by atoms with van der Waals surface area (Å²) in [5.74, 6) is 0.619. The zero-order valence-electron chi connectivity index (χ0n) is 14.4. The van der Waals surface area contributed by atoms with Crippen molar-refractivity contribution < 1.29 is 4.79 Å². The van der Waals surface area contributed by atoms with Crippen molar-refractivity contribution in [3.05, 3.63) is 40.6 Å². The fourth-order valence-electron chi connectivity index (χ4n) is 3.05. The van der Waals surface area contributed by atoms with Gasteiger partial charge in [-0.25, -0.2) is 0 Å². The molecule has 0 radical (unpaired) electrons. The molecule has 4 heteroatoms. The normalized spacial score (nSPS) is 14.3. The molecule has 23 heavy (non-hydrogen) atoms. The number of fused-ring (bicyclic) bond motifs is 1. The van der Waals surface area contributed by atoms with Gasteiger partial charge in [0.2, 0.25) is 0 Å². The number of carbonyl (C=O) groups excluding carboxylic acids is 1. The van der Waals surface area contributed by atoms with Crippen molar-refractivity contribution in [1.29, 1.82) is 0 Å². The lowest BCUT2D eigenvalue weighted by Crippen LogP contribution is -2.33. The molecular weight excluding hydrogens is 286 g/mol. The maximum absolute atomic E-state index is 13.0. The number of nitrogens with one attached hydrogen (secondary N) is 1. The predicted molar refractivity (Wildman–Crippen MR) is 94.1 cm³/mol. The molecule has 1 aliphatic carbocycles. The number of benzene rings is 1. The predicted octanol–water partition coefficient (Wildman–Crippen LogP) is 3.02. The smallest absolute Gasteiger partial charge is 0.254 e. The van der Waals surface area contributed by atoms with Gasteiger partial charge in [-0.2, -0.15) is 0 Å². The number of hydrogen-bond donors (Lipinski definition) is 1. The number of amides is 1. The lowest BCUT2D eigenvalue weighted by molar-refractivity contribution is 0.0798. The molecule has 0 unspecified atom stereocenters. The monoisotopic (exact) mass is 311 g/mol. The van der Waals surface area contributed by atoms with Crippen molar-refractivity contribution in [1.82, 2.24) is 15.2 Å². The van der Waals surface area contributed by atoms with E-state index in [2.05, 4.69) is 31.3 Å². The third-order valence-corrected chi connectivity index (χ3v) is 4.54. The van der Waals surface area contributed by atoms with Crippen LogP contribution < -0.4 is 5.32 Å². The van der Waals surface area contributed by atoms with Gasteiger partial charge >= 0.3 is 0 Å². The highest BCUT2D eigenvalue weighted by Gasteiger charge is 2.27. The van der Waals surface area contributed by atoms with Gasteiger partial charge in [-0.1, -0.05) is 11.6 Å². The van der Waals surface area contributed by atoms with Crippen molar-refractivity contribution in [2.24, 2.45) is 0 Å². The van der Waals surface area contributed by atoms with Crippen LogP contribution in [-0.2, 0) is 0 Å². The van der Waals surface area contributed by atoms with Crippen LogP contribution in [-0.4, -0.2) is 43.0 Å². The maximum atomic E-state index is 13.0. The Morgan fingerprint density at radius 1 is 1.30 bits per heavy atom. The first-order valence-electron chi connectivity index (χ1n) is 8.33. The van der Waals surface area contributed by atoms with E-state index in [0.29, 0.717) is 12.5 Å². The lowest BCUT2D eigenvalue weighted by Gasteiger charge is -2.19. The van der Waals surface area contributed by atoms with Crippen LogP contribution >= 0.6 is 0 Å². The second-order valence-electron chi connectivity index (χ2n) is 6.68. The fraction of sp³-hybridized carbons (Fsp3) is 0.474. The molecule has 0 bridgehead atoms. The molecule has 0 spiro atoms. The van der Waals surface area contributed by atoms with Crippen molar-refractivity contribution in [3.63, 3.8) is 0 Å². The van der Waals surface area contributed by atoms with Crippen molar-refractivity contribution in [3.8, 4) is 0 Å². The van der Waals surface area contributed by atoms with Gasteiger partial charge < -0.3 is 10.2 Å². The molecule has 122 valence electrons. The van der Waals surface area contributed by atoms with Gasteiger partial charge in [-0.15, -0.1) is 0 Å². The molecule has 1 aromatic heterocycles. The number of aromatic nitrogens is 1. The summed E-state index contributed by atoms with van der Waals surface area (Å²) in [6.07, 6.45) is 2.37. The minimum Gasteiger partial charge on any atom is -0.340 e. The lowest BCUT2D eigenvalue weighted by atomic mass is 10.00. The second kappa shape index (κ2) is 6.28. The summed E-state index contributed by atoms with van der Waals surface area (Å²) in [5, 5.41) is 4.07. The van der Waals surface area contributed by atoms with Crippen LogP contribution in [0.25, 0.3) is 10.9 Å². The van der Waals surface area contributed by atoms with Crippen molar-refractivity contribution in [2.75, 3.05) is 27.2 Å². The summed E-state index contributed by atoms with van der Waals surface area (Å²) >= 11 is 0. The van der Waals surface area contributed by atoms with E-state index in [0.717, 1.165) is 34.3 Å². The van der Waals surface area contributed by atoms with E-state index >= 15 is 0 Å². The van der Waals surface area contributed by atoms with Crippen molar-refractivity contribution >= 4 is 16.8 Å². The number of hydrogen-bond acceptors (Lipinski definition) is 3. The van der Waals surface area contributed by atoms with E-state index in [1.54, 1.807) is 4.90 Å². The highest BCUT2D eigenvalue weighted by Crippen LogP contribution is 2.40. The first-order valence-corrected chi connectivity index (χ1v) is 8.33. The molecule has 0 saturated heterocycles. The number of aryl methyl sites for hydroxylation is 2. The Labute approximate surface area is 137 Å². The Kier molecular flexibility index (Phi) is 4.35. The fourth-order valence-corrected chi connectivity index (χ4v) is 3.05. The molecule has 1 aliphatic rings. The topological polar surface area (TPSA) is 45.2 Å². The van der Waals surface area contributed by atoms with Crippen LogP contribution in [0.3, 0.4) is 0 Å². The molecule has 1 amide bonds. The number of nitrogens with zero attached hydrogens (tertiary/aromatic N) is 2. The summed E-state index contributed by atoms with van der Waals surface area (Å²) < 4.78 is 0. The third-order valence-electron chi connectivity index (χ3n) is 4.54. The van der Waals surface area contributed by atoms with Crippen LogP contribution in [0.4, 0.5) is 0 Å². The average molecular weight is 311 g/mol. The molecule has 2 aromatic rings. The molecule has 4 nitrogen and oxygen atoms in total. The quantitative estimate of drug-likeness (QED) is 0.923. The number of pyridine rings is 1. The molecular formula is C19H25N3O. The Morgan fingerprint density at radius 2 is 2.04 bits per heavy atom. The van der Waals surface area contributed by atoms with Gasteiger partial charge in [0.1, 0.15) is 0 Å². The third kappa shape index (κ3) is 3.22. The molecule has 1 N–H and O–H groups in total. The summed E-state index contributed by atoms with van der Waals surface area (Å²) in [7, 11) is 3.77. The SMILES string of the molecule is CNCCN(C)C(=O)c1cc(C2CC2)nc2c(C)cc(C)cc12. The Hall–Kier alpha value is -1.94. The summed E-state index contributed by atoms with van der Waals surface area (Å²) in [5.41, 5.74) is 5.17. The zero-order valence-corrected chi connectivity index (χ0v) is 14.4. The minimum atomic E-state index is 0.0829. The average Bonchev–Trinajstić information content (AvgIpc) is 3.36. The molecule has 0 aliphatic heterocycles. The van der Waals surface area contributed by atoms with Crippen LogP contribution in [0.15, 0.2) is 18.2 Å². The largest absolute Gasteiger partial charge is 0.340 e. The molecule has 1 saturated carbocycles. The van der Waals surface area contributed by atoms with Gasteiger partial charge in [-0.3, -0.25) is 9.78 Å². The van der Waals surface area contributed by atoms with Crippen molar-refractivity contribution in [2.45, 2.75) is 32.6 Å². The first kappa shape index (κ1) is 15.9. The van der Waals surface area contributed by atoms with Gasteiger partial charge in [0, 0.05) is 37.1 Å². The molecule has 0 atom stereocenters. The Balaban J connectivity index is 2.11. The molecule has 3 rings (SSSR count). The van der Waals surface area contributed by atoms with E-state index in [9.17, 15) is 4.79 Å². The first-order chi connectivity index (χ1) is 11.0. The Bertz CT molecular complexity index is 750. The maximum Gasteiger partial charge on any atom is 0.254 e. The highest BCUT2D eigenvalue weighted by molar-refractivity contribution is 6.07. The summed E-state index contributed by atoms with van der Waals surface area (Å²) in [4.78, 5) is 19.6. The number of rotatable bonds is 5. The zero-order chi connectivity index (χ0) is 16.6. The van der Waals surface area contributed by atoms with Crippen LogP contribution in [0.5, 0.6) is 0 Å². The van der Waals surface area contributed by atoms with Gasteiger partial charge in [0.05, 0.1) is 11.1 Å². The highest BCUT2D eigenvalue weighted by atomic mass is 16.2. The second-order valence-corrected chi connectivity index (χ2v) is 6.68. The minimum absolute atomic E-state index is 0.0829. The van der Waals surface area contributed by atoms with Gasteiger partial charge in [0.25, 0.3) is 5.91 Å². The van der Waals surface area contributed by atoms with E-state index in [1.165, 1.54) is 18.4 Å². The van der Waals surface area contributed by atoms with E-state index < -0.39 is 0 Å².